The summed E-state index contributed by atoms with van der Waals surface area (Å²) in [7, 11) is 0. The summed E-state index contributed by atoms with van der Waals surface area (Å²) in [5.74, 6) is 0.506. The van der Waals surface area contributed by atoms with Crippen LogP contribution in [-0.4, -0.2) is 31.0 Å². The molecule has 18 heavy (non-hydrogen) atoms. The van der Waals surface area contributed by atoms with E-state index in [0.29, 0.717) is 17.9 Å². The lowest BCUT2D eigenvalue weighted by molar-refractivity contribution is -0.698. The van der Waals surface area contributed by atoms with Crippen LogP contribution in [0.25, 0.3) is 0 Å². The van der Waals surface area contributed by atoms with E-state index in [1.165, 1.54) is 51.6 Å². The molecule has 0 amide bonds. The van der Waals surface area contributed by atoms with Crippen LogP contribution in [-0.2, 0) is 4.79 Å². The molecule has 2 heterocycles. The fraction of sp³-hybridized carbons (Fsp3) is 0.923. The quantitative estimate of drug-likeness (QED) is 0.533. The smallest absolute Gasteiger partial charge is 0.144 e. The highest BCUT2D eigenvalue weighted by Gasteiger charge is 2.24. The van der Waals surface area contributed by atoms with E-state index in [-0.39, 0.29) is 24.8 Å². The standard InChI is InChI=1S/C13H24N2O.2ClH/c16-13(9-11-5-1-3-7-14-11)10-12-6-2-4-8-15-12;;/h11-12,14-15H,1-10H2;2*1H/t11-,12-;;/m1../s1. The first-order chi connectivity index (χ1) is 7.84. The van der Waals surface area contributed by atoms with Crippen molar-refractivity contribution in [3.63, 3.8) is 0 Å². The number of piperidine rings is 2. The van der Waals surface area contributed by atoms with Crippen LogP contribution < -0.4 is 35.4 Å². The average molecular weight is 297 g/mol. The maximum atomic E-state index is 11.9. The predicted molar refractivity (Wildman–Crippen MR) is 63.1 cm³/mol. The van der Waals surface area contributed by atoms with Crippen LogP contribution in [0.2, 0.25) is 0 Å². The van der Waals surface area contributed by atoms with Gasteiger partial charge in [-0.15, -0.1) is 0 Å². The maximum absolute atomic E-state index is 11.9. The average Bonchev–Trinajstić information content (AvgIpc) is 2.31. The Morgan fingerprint density at radius 3 is 1.61 bits per heavy atom. The SMILES string of the molecule is O=C(C[C@H]1CCCC[NH2+]1)C[C@H]1CCCC[NH2+]1.[Cl-].[Cl-]. The van der Waals surface area contributed by atoms with Gasteiger partial charge in [0.1, 0.15) is 5.78 Å². The summed E-state index contributed by atoms with van der Waals surface area (Å²) in [6, 6.07) is 1.20. The molecule has 108 valence electrons. The van der Waals surface area contributed by atoms with Gasteiger partial charge in [0, 0.05) is 0 Å². The van der Waals surface area contributed by atoms with Gasteiger partial charge in [0.25, 0.3) is 0 Å². The number of Topliss-reactive ketones (excluding diaryl/α,β-unsaturated/α-hetero) is 1. The van der Waals surface area contributed by atoms with Crippen molar-refractivity contribution in [3.05, 3.63) is 0 Å². The van der Waals surface area contributed by atoms with Gasteiger partial charge in [-0.1, -0.05) is 0 Å². The lowest BCUT2D eigenvalue weighted by Crippen LogP contribution is -3.00. The minimum atomic E-state index is 0. The van der Waals surface area contributed by atoms with Gasteiger partial charge in [0.15, 0.2) is 0 Å². The molecule has 4 N–H and O–H groups in total. The minimum Gasteiger partial charge on any atom is -1.00 e. The molecule has 2 fully saturated rings. The van der Waals surface area contributed by atoms with E-state index in [1.54, 1.807) is 0 Å². The van der Waals surface area contributed by atoms with Crippen molar-refractivity contribution in [2.24, 2.45) is 0 Å². The zero-order chi connectivity index (χ0) is 11.2. The third-order valence-corrected chi connectivity index (χ3v) is 4.04. The maximum Gasteiger partial charge on any atom is 0.144 e. The van der Waals surface area contributed by atoms with Crippen LogP contribution in [0.1, 0.15) is 51.4 Å². The van der Waals surface area contributed by atoms with Gasteiger partial charge >= 0.3 is 0 Å². The second-order valence-electron chi connectivity index (χ2n) is 5.51. The molecule has 2 aliphatic heterocycles. The Labute approximate surface area is 123 Å². The highest BCUT2D eigenvalue weighted by Crippen LogP contribution is 2.09. The number of halogens is 2. The lowest BCUT2D eigenvalue weighted by Gasteiger charge is -2.22. The van der Waals surface area contributed by atoms with Gasteiger partial charge in [-0.25, -0.2) is 0 Å². The molecule has 2 atom stereocenters. The topological polar surface area (TPSA) is 50.3 Å². The molecule has 0 aliphatic carbocycles. The molecule has 0 aromatic carbocycles. The number of hydrogen-bond acceptors (Lipinski definition) is 1. The third-order valence-electron chi connectivity index (χ3n) is 4.04. The third kappa shape index (κ3) is 6.37. The van der Waals surface area contributed by atoms with E-state index >= 15 is 0 Å². The molecular weight excluding hydrogens is 271 g/mol. The fourth-order valence-electron chi connectivity index (χ4n) is 3.08. The van der Waals surface area contributed by atoms with Gasteiger partial charge in [-0.3, -0.25) is 4.79 Å². The molecule has 2 rings (SSSR count). The first-order valence-corrected chi connectivity index (χ1v) is 7.03. The Bertz CT molecular complexity index is 205. The summed E-state index contributed by atoms with van der Waals surface area (Å²) in [4.78, 5) is 11.9. The second kappa shape index (κ2) is 10.0. The van der Waals surface area contributed by atoms with Crippen LogP contribution in [0.3, 0.4) is 0 Å². The molecular formula is C13H26Cl2N2O. The number of carbonyl (C=O) groups excluding carboxylic acids is 1. The molecule has 0 bridgehead atoms. The van der Waals surface area contributed by atoms with Crippen LogP contribution >= 0.6 is 0 Å². The van der Waals surface area contributed by atoms with E-state index in [9.17, 15) is 4.79 Å². The highest BCUT2D eigenvalue weighted by molar-refractivity contribution is 5.79. The Morgan fingerprint density at radius 1 is 0.833 bits per heavy atom. The van der Waals surface area contributed by atoms with Gasteiger partial charge in [-0.05, 0) is 38.5 Å². The van der Waals surface area contributed by atoms with E-state index in [0.717, 1.165) is 12.8 Å². The second-order valence-corrected chi connectivity index (χ2v) is 5.51. The highest BCUT2D eigenvalue weighted by atomic mass is 35.5. The number of nitrogens with two attached hydrogens (primary N) is 2. The van der Waals surface area contributed by atoms with E-state index in [2.05, 4.69) is 10.6 Å². The molecule has 2 saturated heterocycles. The Kier molecular flexibility index (Phi) is 10.1. The van der Waals surface area contributed by atoms with Crippen molar-refractivity contribution < 1.29 is 40.2 Å². The number of hydrogen-bond donors (Lipinski definition) is 2. The molecule has 2 aliphatic rings. The van der Waals surface area contributed by atoms with Crippen molar-refractivity contribution in [1.29, 1.82) is 0 Å². The summed E-state index contributed by atoms with van der Waals surface area (Å²) >= 11 is 0. The van der Waals surface area contributed by atoms with Crippen molar-refractivity contribution in [2.75, 3.05) is 13.1 Å². The first-order valence-electron chi connectivity index (χ1n) is 7.03. The summed E-state index contributed by atoms with van der Waals surface area (Å²) in [6.07, 6.45) is 9.46. The molecule has 0 saturated carbocycles. The summed E-state index contributed by atoms with van der Waals surface area (Å²) in [5.41, 5.74) is 0. The zero-order valence-electron chi connectivity index (χ0n) is 11.0. The number of quaternary nitrogens is 2. The Hall–Kier alpha value is 0.170. The number of rotatable bonds is 4. The van der Waals surface area contributed by atoms with Crippen LogP contribution in [0.5, 0.6) is 0 Å². The molecule has 0 aromatic rings. The van der Waals surface area contributed by atoms with E-state index in [4.69, 9.17) is 0 Å². The van der Waals surface area contributed by atoms with Gasteiger partial charge < -0.3 is 35.4 Å². The van der Waals surface area contributed by atoms with Crippen LogP contribution in [0.15, 0.2) is 0 Å². The van der Waals surface area contributed by atoms with Crippen molar-refractivity contribution >= 4 is 5.78 Å². The summed E-state index contributed by atoms with van der Waals surface area (Å²) in [6.45, 7) is 2.46. The molecule has 0 aromatic heterocycles. The fourth-order valence-corrected chi connectivity index (χ4v) is 3.08. The number of ketones is 1. The summed E-state index contributed by atoms with van der Waals surface area (Å²) < 4.78 is 0. The van der Waals surface area contributed by atoms with Gasteiger partial charge in [0.05, 0.1) is 38.0 Å². The van der Waals surface area contributed by atoms with Crippen molar-refractivity contribution in [1.82, 2.24) is 0 Å². The van der Waals surface area contributed by atoms with Crippen LogP contribution in [0.4, 0.5) is 0 Å². The van der Waals surface area contributed by atoms with Crippen molar-refractivity contribution in [2.45, 2.75) is 63.5 Å². The first kappa shape index (κ1) is 18.2. The van der Waals surface area contributed by atoms with E-state index in [1.807, 2.05) is 0 Å². The molecule has 5 heteroatoms. The Balaban J connectivity index is 0.00000144. The number of carbonyl (C=O) groups is 1. The van der Waals surface area contributed by atoms with Gasteiger partial charge in [0.2, 0.25) is 0 Å². The molecule has 0 unspecified atom stereocenters. The monoisotopic (exact) mass is 296 g/mol. The largest absolute Gasteiger partial charge is 1.00 e. The van der Waals surface area contributed by atoms with Gasteiger partial charge in [-0.2, -0.15) is 0 Å². The molecule has 0 spiro atoms. The van der Waals surface area contributed by atoms with Crippen molar-refractivity contribution in [3.8, 4) is 0 Å². The summed E-state index contributed by atoms with van der Waals surface area (Å²) in [5, 5.41) is 4.76. The normalized spacial score (nSPS) is 27.8. The Morgan fingerprint density at radius 2 is 1.28 bits per heavy atom. The molecule has 0 radical (unpaired) electrons. The zero-order valence-corrected chi connectivity index (χ0v) is 12.6. The van der Waals surface area contributed by atoms with Crippen LogP contribution in [0, 0.1) is 0 Å². The minimum absolute atomic E-state index is 0. The predicted octanol–water partition coefficient (Wildman–Crippen LogP) is -6.42. The molecule has 3 nitrogen and oxygen atoms in total. The lowest BCUT2D eigenvalue weighted by atomic mass is 9.94. The van der Waals surface area contributed by atoms with E-state index < -0.39 is 0 Å².